The lowest BCUT2D eigenvalue weighted by atomic mass is 10.2. The van der Waals surface area contributed by atoms with Crippen LogP contribution in [0.5, 0.6) is 0 Å². The molecule has 0 fully saturated rings. The first-order valence-corrected chi connectivity index (χ1v) is 7.72. The molecule has 0 amide bonds. The van der Waals surface area contributed by atoms with E-state index in [2.05, 4.69) is 4.72 Å². The zero-order chi connectivity index (χ0) is 16.2. The number of rotatable bonds is 5. The molecular formula is C14H13N3O4S. The molecule has 0 radical (unpaired) electrons. The molecule has 0 aliphatic heterocycles. The summed E-state index contributed by atoms with van der Waals surface area (Å²) >= 11 is 0. The van der Waals surface area contributed by atoms with Crippen molar-refractivity contribution < 1.29 is 13.3 Å². The Morgan fingerprint density at radius 2 is 1.82 bits per heavy atom. The molecule has 8 heteroatoms. The molecule has 2 aromatic carbocycles. The van der Waals surface area contributed by atoms with Gasteiger partial charge in [0.15, 0.2) is 0 Å². The Morgan fingerprint density at radius 3 is 2.45 bits per heavy atom. The first kappa shape index (κ1) is 15.5. The Hall–Kier alpha value is -2.87. The van der Waals surface area contributed by atoms with Gasteiger partial charge in [0.05, 0.1) is 16.0 Å². The maximum atomic E-state index is 11.9. The van der Waals surface area contributed by atoms with Crippen molar-refractivity contribution in [3.05, 3.63) is 69.6 Å². The van der Waals surface area contributed by atoms with Gasteiger partial charge in [0.25, 0.3) is 15.7 Å². The average Bonchev–Trinajstić information content (AvgIpc) is 2.48. The van der Waals surface area contributed by atoms with Crippen LogP contribution in [-0.4, -0.2) is 13.3 Å². The Bertz CT molecular complexity index is 817. The minimum Gasteiger partial charge on any atom is -0.393 e. The van der Waals surface area contributed by atoms with E-state index in [0.717, 1.165) is 17.0 Å². The largest absolute Gasteiger partial charge is 0.393 e. The van der Waals surface area contributed by atoms with Crippen molar-refractivity contribution in [2.75, 3.05) is 10.5 Å². The summed E-state index contributed by atoms with van der Waals surface area (Å²) in [5.74, 6) is 0. The van der Waals surface area contributed by atoms with Gasteiger partial charge in [0, 0.05) is 6.07 Å². The van der Waals surface area contributed by atoms with Crippen molar-refractivity contribution >= 4 is 33.2 Å². The fourth-order valence-electron chi connectivity index (χ4n) is 1.70. The Morgan fingerprint density at radius 1 is 1.14 bits per heavy atom. The fourth-order valence-corrected chi connectivity index (χ4v) is 2.56. The third-order valence-electron chi connectivity index (χ3n) is 2.73. The molecule has 114 valence electrons. The van der Waals surface area contributed by atoms with E-state index < -0.39 is 14.9 Å². The van der Waals surface area contributed by atoms with E-state index in [9.17, 15) is 18.5 Å². The molecule has 0 heterocycles. The van der Waals surface area contributed by atoms with E-state index in [1.807, 2.05) is 6.07 Å². The third kappa shape index (κ3) is 4.06. The predicted octanol–water partition coefficient (Wildman–Crippen LogP) is 2.59. The van der Waals surface area contributed by atoms with Gasteiger partial charge in [-0.15, -0.1) is 0 Å². The van der Waals surface area contributed by atoms with E-state index in [0.29, 0.717) is 0 Å². The Labute approximate surface area is 127 Å². The molecule has 3 N–H and O–H groups in total. The van der Waals surface area contributed by atoms with Gasteiger partial charge in [-0.25, -0.2) is 8.42 Å². The van der Waals surface area contributed by atoms with Crippen LogP contribution in [0.4, 0.5) is 17.1 Å². The number of nitrogen functional groups attached to an aromatic ring is 1. The number of benzene rings is 2. The summed E-state index contributed by atoms with van der Waals surface area (Å²) in [6.07, 6.45) is 1.42. The lowest BCUT2D eigenvalue weighted by molar-refractivity contribution is -0.383. The summed E-state index contributed by atoms with van der Waals surface area (Å²) in [7, 11) is -3.78. The number of hydrogen-bond acceptors (Lipinski definition) is 5. The second kappa shape index (κ2) is 6.27. The smallest absolute Gasteiger partial charge is 0.294 e. The molecule has 7 nitrogen and oxygen atoms in total. The van der Waals surface area contributed by atoms with Gasteiger partial charge in [-0.2, -0.15) is 0 Å². The summed E-state index contributed by atoms with van der Waals surface area (Å²) in [6.45, 7) is 0. The summed E-state index contributed by atoms with van der Waals surface area (Å²) in [6, 6.07) is 12.6. The van der Waals surface area contributed by atoms with Crippen LogP contribution in [-0.2, 0) is 10.0 Å². The molecule has 0 aliphatic carbocycles. The maximum Gasteiger partial charge on any atom is 0.294 e. The van der Waals surface area contributed by atoms with Crippen molar-refractivity contribution in [1.82, 2.24) is 0 Å². The van der Waals surface area contributed by atoms with Gasteiger partial charge in [-0.1, -0.05) is 30.3 Å². The molecule has 0 aliphatic rings. The van der Waals surface area contributed by atoms with E-state index in [1.54, 1.807) is 24.3 Å². The lowest BCUT2D eigenvalue weighted by Gasteiger charge is -2.05. The molecule has 0 atom stereocenters. The number of sulfonamides is 1. The predicted molar refractivity (Wildman–Crippen MR) is 85.5 cm³/mol. The van der Waals surface area contributed by atoms with Gasteiger partial charge in [0.2, 0.25) is 0 Å². The summed E-state index contributed by atoms with van der Waals surface area (Å²) in [5, 5.41) is 11.8. The highest BCUT2D eigenvalue weighted by atomic mass is 32.2. The van der Waals surface area contributed by atoms with Gasteiger partial charge >= 0.3 is 0 Å². The van der Waals surface area contributed by atoms with Crippen LogP contribution in [0.15, 0.2) is 53.9 Å². The molecule has 0 unspecified atom stereocenters. The first-order chi connectivity index (χ1) is 10.4. The van der Waals surface area contributed by atoms with Crippen molar-refractivity contribution in [3.8, 4) is 0 Å². The van der Waals surface area contributed by atoms with Crippen LogP contribution in [0.3, 0.4) is 0 Å². The topological polar surface area (TPSA) is 115 Å². The van der Waals surface area contributed by atoms with E-state index in [1.165, 1.54) is 18.2 Å². The third-order valence-corrected chi connectivity index (χ3v) is 3.74. The van der Waals surface area contributed by atoms with Crippen LogP contribution >= 0.6 is 0 Å². The quantitative estimate of drug-likeness (QED) is 0.499. The minimum absolute atomic E-state index is 0.0345. The van der Waals surface area contributed by atoms with Crippen LogP contribution in [0.25, 0.3) is 6.08 Å². The first-order valence-electron chi connectivity index (χ1n) is 6.17. The maximum absolute atomic E-state index is 11.9. The summed E-state index contributed by atoms with van der Waals surface area (Å²) < 4.78 is 26.1. The molecule has 22 heavy (non-hydrogen) atoms. The van der Waals surface area contributed by atoms with E-state index >= 15 is 0 Å². The second-order valence-electron chi connectivity index (χ2n) is 4.39. The van der Waals surface area contributed by atoms with Crippen LogP contribution in [0.2, 0.25) is 0 Å². The summed E-state index contributed by atoms with van der Waals surface area (Å²) in [5.41, 5.74) is 5.85. The zero-order valence-electron chi connectivity index (χ0n) is 11.3. The number of nitro groups is 1. The minimum atomic E-state index is -3.78. The van der Waals surface area contributed by atoms with Crippen molar-refractivity contribution in [1.29, 1.82) is 0 Å². The van der Waals surface area contributed by atoms with Crippen molar-refractivity contribution in [3.63, 3.8) is 0 Å². The van der Waals surface area contributed by atoms with E-state index in [4.69, 9.17) is 5.73 Å². The molecule has 0 saturated carbocycles. The highest BCUT2D eigenvalue weighted by Crippen LogP contribution is 2.25. The van der Waals surface area contributed by atoms with Gasteiger partial charge < -0.3 is 5.73 Å². The lowest BCUT2D eigenvalue weighted by Crippen LogP contribution is -2.09. The number of nitrogens with two attached hydrogens (primary N) is 1. The zero-order valence-corrected chi connectivity index (χ0v) is 12.2. The monoisotopic (exact) mass is 319 g/mol. The second-order valence-corrected chi connectivity index (χ2v) is 5.96. The molecular weight excluding hydrogens is 306 g/mol. The highest BCUT2D eigenvalue weighted by molar-refractivity contribution is 7.95. The molecule has 0 bridgehead atoms. The number of nitro benzene ring substituents is 1. The van der Waals surface area contributed by atoms with Gasteiger partial charge in [0.1, 0.15) is 5.69 Å². The number of anilines is 2. The van der Waals surface area contributed by atoms with Gasteiger partial charge in [-0.3, -0.25) is 14.8 Å². The number of nitrogens with zero attached hydrogens (tertiary/aromatic N) is 1. The van der Waals surface area contributed by atoms with Crippen LogP contribution in [0.1, 0.15) is 5.56 Å². The standard InChI is InChI=1S/C14H13N3O4S/c15-13-7-6-12(10-14(13)17(18)19)16-22(20,21)9-8-11-4-2-1-3-5-11/h1-10,16H,15H2/b9-8+. The number of hydrogen-bond donors (Lipinski definition) is 2. The molecule has 0 spiro atoms. The number of nitrogens with one attached hydrogen (secondary N) is 1. The molecule has 2 rings (SSSR count). The van der Waals surface area contributed by atoms with Crippen molar-refractivity contribution in [2.45, 2.75) is 0 Å². The molecule has 0 saturated heterocycles. The highest BCUT2D eigenvalue weighted by Gasteiger charge is 2.14. The van der Waals surface area contributed by atoms with E-state index in [-0.39, 0.29) is 17.1 Å². The Kier molecular flexibility index (Phi) is 4.42. The van der Waals surface area contributed by atoms with Crippen LogP contribution < -0.4 is 10.5 Å². The van der Waals surface area contributed by atoms with Gasteiger partial charge in [-0.05, 0) is 23.8 Å². The van der Waals surface area contributed by atoms with Crippen LogP contribution in [0, 0.1) is 10.1 Å². The molecule has 2 aromatic rings. The normalized spacial score (nSPS) is 11.5. The van der Waals surface area contributed by atoms with Crippen molar-refractivity contribution in [2.24, 2.45) is 0 Å². The fraction of sp³-hybridized carbons (Fsp3) is 0. The average molecular weight is 319 g/mol. The Balaban J connectivity index is 2.20. The molecule has 0 aromatic heterocycles. The summed E-state index contributed by atoms with van der Waals surface area (Å²) in [4.78, 5) is 10.1. The SMILES string of the molecule is Nc1ccc(NS(=O)(=O)/C=C/c2ccccc2)cc1[N+](=O)[O-].